The lowest BCUT2D eigenvalue weighted by Gasteiger charge is -2.27. The van der Waals surface area contributed by atoms with Crippen LogP contribution in [-0.4, -0.2) is 13.9 Å². The van der Waals surface area contributed by atoms with Gasteiger partial charge in [0.05, 0.1) is 17.8 Å². The fourth-order valence-corrected chi connectivity index (χ4v) is 3.78. The maximum absolute atomic E-state index is 12.9. The smallest absolute Gasteiger partial charge is 0.245 e. The van der Waals surface area contributed by atoms with Crippen LogP contribution in [0.25, 0.3) is 5.69 Å². The molecule has 0 N–H and O–H groups in total. The van der Waals surface area contributed by atoms with E-state index in [0.717, 1.165) is 6.42 Å². The van der Waals surface area contributed by atoms with Gasteiger partial charge < -0.3 is 0 Å². The van der Waals surface area contributed by atoms with Gasteiger partial charge in [-0.05, 0) is 30.4 Å². The summed E-state index contributed by atoms with van der Waals surface area (Å²) in [6.45, 7) is 0. The molecule has 2 aromatic rings. The molecule has 1 aromatic carbocycles. The highest BCUT2D eigenvalue weighted by atomic mass is 16.2. The number of aromatic nitrogens is 3. The Bertz CT molecular complexity index is 929. The monoisotopic (exact) mass is 293 g/mol. The first-order valence-electron chi connectivity index (χ1n) is 7.64. The van der Waals surface area contributed by atoms with Crippen LogP contribution in [-0.2, 0) is 0 Å². The van der Waals surface area contributed by atoms with Crippen LogP contribution in [0.2, 0.25) is 0 Å². The van der Waals surface area contributed by atoms with Gasteiger partial charge in [0.1, 0.15) is 0 Å². The molecule has 4 atom stereocenters. The summed E-state index contributed by atoms with van der Waals surface area (Å²) in [5, 5.41) is 0. The quantitative estimate of drug-likeness (QED) is 0.751. The van der Waals surface area contributed by atoms with Gasteiger partial charge in [-0.3, -0.25) is 0 Å². The zero-order chi connectivity index (χ0) is 14.8. The summed E-state index contributed by atoms with van der Waals surface area (Å²) in [6, 6.07) is 8.97. The van der Waals surface area contributed by atoms with Gasteiger partial charge in [0, 0.05) is 0 Å². The molecule has 22 heavy (non-hydrogen) atoms. The molecule has 1 aliphatic carbocycles. The van der Waals surface area contributed by atoms with Gasteiger partial charge in [-0.25, -0.2) is 23.5 Å². The third-order valence-corrected chi connectivity index (χ3v) is 4.98. The van der Waals surface area contributed by atoms with Crippen molar-refractivity contribution in [2.24, 2.45) is 11.8 Å². The second kappa shape index (κ2) is 4.00. The normalized spacial score (nSPS) is 30.5. The summed E-state index contributed by atoms with van der Waals surface area (Å²) in [5.41, 5.74) is 0.121. The molecule has 3 aliphatic rings. The molecule has 110 valence electrons. The SMILES string of the molecule is O=c1n(-c2ccccc2)c(=O)n2n1[C@H]1C=C[C@@H]3C[C@@H]3[C@@H]2C=C1. The summed E-state index contributed by atoms with van der Waals surface area (Å²) < 4.78 is 4.54. The van der Waals surface area contributed by atoms with Crippen LogP contribution in [0, 0.1) is 11.8 Å². The first-order valence-corrected chi connectivity index (χ1v) is 7.64. The first kappa shape index (κ1) is 12.0. The fraction of sp³-hybridized carbons (Fsp3) is 0.294. The van der Waals surface area contributed by atoms with E-state index in [2.05, 4.69) is 12.2 Å². The van der Waals surface area contributed by atoms with Crippen molar-refractivity contribution in [3.63, 3.8) is 0 Å². The van der Waals surface area contributed by atoms with Crippen molar-refractivity contribution in [1.82, 2.24) is 13.9 Å². The molecular formula is C17H15N3O2. The van der Waals surface area contributed by atoms with Crippen LogP contribution in [0.3, 0.4) is 0 Å². The minimum Gasteiger partial charge on any atom is -0.245 e. The highest BCUT2D eigenvalue weighted by Crippen LogP contribution is 2.50. The van der Waals surface area contributed by atoms with Crippen molar-refractivity contribution in [3.05, 3.63) is 75.6 Å². The van der Waals surface area contributed by atoms with Crippen molar-refractivity contribution in [2.45, 2.75) is 18.5 Å². The Morgan fingerprint density at radius 1 is 0.864 bits per heavy atom. The van der Waals surface area contributed by atoms with Gasteiger partial charge in [0.2, 0.25) is 0 Å². The van der Waals surface area contributed by atoms with E-state index in [-0.39, 0.29) is 23.5 Å². The van der Waals surface area contributed by atoms with Gasteiger partial charge in [0.25, 0.3) is 0 Å². The lowest BCUT2D eigenvalue weighted by atomic mass is 10.0. The molecule has 0 amide bonds. The van der Waals surface area contributed by atoms with Crippen LogP contribution >= 0.6 is 0 Å². The van der Waals surface area contributed by atoms with Crippen molar-refractivity contribution < 1.29 is 0 Å². The maximum atomic E-state index is 12.9. The molecule has 2 bridgehead atoms. The number of nitrogens with zero attached hydrogens (tertiary/aromatic N) is 3. The average molecular weight is 293 g/mol. The van der Waals surface area contributed by atoms with E-state index >= 15 is 0 Å². The summed E-state index contributed by atoms with van der Waals surface area (Å²) in [4.78, 5) is 25.7. The molecule has 0 saturated heterocycles. The third-order valence-electron chi connectivity index (χ3n) is 4.98. The molecule has 1 fully saturated rings. The van der Waals surface area contributed by atoms with E-state index in [4.69, 9.17) is 0 Å². The van der Waals surface area contributed by atoms with E-state index < -0.39 is 0 Å². The zero-order valence-corrected chi connectivity index (χ0v) is 11.9. The summed E-state index contributed by atoms with van der Waals surface area (Å²) in [6.07, 6.45) is 9.46. The molecule has 0 radical (unpaired) electrons. The highest BCUT2D eigenvalue weighted by Gasteiger charge is 2.46. The average Bonchev–Trinajstić information content (AvgIpc) is 3.22. The van der Waals surface area contributed by atoms with Crippen LogP contribution in [0.1, 0.15) is 18.5 Å². The van der Waals surface area contributed by atoms with Crippen LogP contribution in [0.5, 0.6) is 0 Å². The standard InChI is InChI=1S/C17H15N3O2/c21-16-18(12-4-2-1-3-5-12)17(22)20-15-9-8-13(19(16)20)7-6-11-10-14(11)15/h1-9,11,13-15H,10H2/t11-,13+,14+,15+/m1/s1. The van der Waals surface area contributed by atoms with Gasteiger partial charge in [-0.15, -0.1) is 0 Å². The van der Waals surface area contributed by atoms with E-state index in [0.29, 0.717) is 17.5 Å². The minimum atomic E-state index is -0.265. The number of benzene rings is 1. The predicted molar refractivity (Wildman–Crippen MR) is 82.2 cm³/mol. The Kier molecular flexibility index (Phi) is 2.19. The van der Waals surface area contributed by atoms with Crippen molar-refractivity contribution in [1.29, 1.82) is 0 Å². The minimum absolute atomic E-state index is 0.00337. The van der Waals surface area contributed by atoms with E-state index in [1.165, 1.54) is 4.57 Å². The number of fused-ring (bicyclic) bond motifs is 2. The van der Waals surface area contributed by atoms with E-state index in [1.54, 1.807) is 21.5 Å². The summed E-state index contributed by atoms with van der Waals surface area (Å²) in [5.74, 6) is 0.983. The van der Waals surface area contributed by atoms with Gasteiger partial charge in [-0.1, -0.05) is 42.5 Å². The Morgan fingerprint density at radius 2 is 1.59 bits per heavy atom. The Balaban J connectivity index is 1.83. The molecular weight excluding hydrogens is 278 g/mol. The van der Waals surface area contributed by atoms with E-state index in [9.17, 15) is 9.59 Å². The number of hydrogen-bond donors (Lipinski definition) is 0. The maximum Gasteiger partial charge on any atom is 0.352 e. The molecule has 5 nitrogen and oxygen atoms in total. The number of rotatable bonds is 1. The Morgan fingerprint density at radius 3 is 2.41 bits per heavy atom. The van der Waals surface area contributed by atoms with Crippen LogP contribution in [0.15, 0.2) is 64.2 Å². The number of hydrogen-bond acceptors (Lipinski definition) is 2. The largest absolute Gasteiger partial charge is 0.352 e. The fourth-order valence-electron chi connectivity index (χ4n) is 3.78. The number of allylic oxidation sites excluding steroid dienone is 4. The Hall–Kier alpha value is -2.56. The summed E-state index contributed by atoms with van der Waals surface area (Å²) >= 11 is 0. The molecule has 2 aliphatic heterocycles. The van der Waals surface area contributed by atoms with Crippen LogP contribution < -0.4 is 11.4 Å². The van der Waals surface area contributed by atoms with Crippen molar-refractivity contribution in [2.75, 3.05) is 0 Å². The molecule has 0 spiro atoms. The van der Waals surface area contributed by atoms with Gasteiger partial charge >= 0.3 is 11.4 Å². The lowest BCUT2D eigenvalue weighted by Crippen LogP contribution is -2.36. The second-order valence-corrected chi connectivity index (χ2v) is 6.24. The molecule has 1 saturated carbocycles. The first-order chi connectivity index (χ1) is 10.8. The van der Waals surface area contributed by atoms with E-state index in [1.807, 2.05) is 30.4 Å². The molecule has 1 aromatic heterocycles. The summed E-state index contributed by atoms with van der Waals surface area (Å²) in [7, 11) is 0. The Labute approximate surface area is 126 Å². The number of para-hydroxylation sites is 1. The van der Waals surface area contributed by atoms with Crippen LogP contribution in [0.4, 0.5) is 0 Å². The second-order valence-electron chi connectivity index (χ2n) is 6.24. The van der Waals surface area contributed by atoms with Gasteiger partial charge in [0.15, 0.2) is 0 Å². The topological polar surface area (TPSA) is 48.9 Å². The van der Waals surface area contributed by atoms with Crippen molar-refractivity contribution in [3.8, 4) is 5.69 Å². The molecule has 5 rings (SSSR count). The molecule has 0 unspecified atom stereocenters. The zero-order valence-electron chi connectivity index (χ0n) is 11.9. The molecule has 5 heteroatoms. The van der Waals surface area contributed by atoms with Crippen molar-refractivity contribution >= 4 is 0 Å². The lowest BCUT2D eigenvalue weighted by molar-refractivity contribution is 0.339. The highest BCUT2D eigenvalue weighted by molar-refractivity contribution is 5.31. The predicted octanol–water partition coefficient (Wildman–Crippen LogP) is 1.66. The third kappa shape index (κ3) is 1.43. The van der Waals surface area contributed by atoms with Gasteiger partial charge in [-0.2, -0.15) is 0 Å². The molecule has 3 heterocycles.